The summed E-state index contributed by atoms with van der Waals surface area (Å²) in [5.74, 6) is 1.25. The third kappa shape index (κ3) is 6.70. The number of nitrogens with one attached hydrogen (secondary N) is 1. The first-order valence-electron chi connectivity index (χ1n) is 4.55. The Balaban J connectivity index is 3.35. The van der Waals surface area contributed by atoms with Gasteiger partial charge in [-0.1, -0.05) is 27.7 Å². The highest BCUT2D eigenvalue weighted by molar-refractivity contribution is 7.99. The Morgan fingerprint density at radius 3 is 2.27 bits per heavy atom. The smallest absolute Gasteiger partial charge is 0.0155 e. The number of rotatable bonds is 6. The maximum absolute atomic E-state index is 3.47. The largest absolute Gasteiger partial charge is 0.313 e. The Hall–Kier alpha value is 0.310. The molecule has 0 fully saturated rings. The van der Waals surface area contributed by atoms with Crippen molar-refractivity contribution in [2.75, 3.05) is 12.3 Å². The molecule has 0 saturated heterocycles. The molecule has 0 bridgehead atoms. The Kier molecular flexibility index (Phi) is 7.18. The molecule has 1 atom stereocenters. The molecule has 0 aromatic rings. The van der Waals surface area contributed by atoms with Gasteiger partial charge in [-0.25, -0.2) is 0 Å². The van der Waals surface area contributed by atoms with Crippen LogP contribution in [0.3, 0.4) is 0 Å². The van der Waals surface area contributed by atoms with Crippen LogP contribution in [-0.4, -0.2) is 23.6 Å². The van der Waals surface area contributed by atoms with E-state index in [1.807, 2.05) is 11.8 Å². The second-order valence-electron chi connectivity index (χ2n) is 3.04. The Labute approximate surface area is 75.3 Å². The molecule has 0 heterocycles. The highest BCUT2D eigenvalue weighted by Crippen LogP contribution is 2.11. The Bertz CT molecular complexity index is 83.6. The van der Waals surface area contributed by atoms with Gasteiger partial charge in [-0.15, -0.1) is 0 Å². The van der Waals surface area contributed by atoms with Crippen LogP contribution in [0.4, 0.5) is 0 Å². The van der Waals surface area contributed by atoms with Gasteiger partial charge in [0.15, 0.2) is 0 Å². The van der Waals surface area contributed by atoms with E-state index in [9.17, 15) is 0 Å². The zero-order valence-electron chi connectivity index (χ0n) is 8.18. The van der Waals surface area contributed by atoms with Gasteiger partial charge in [0.05, 0.1) is 0 Å². The fourth-order valence-corrected chi connectivity index (χ4v) is 1.89. The summed E-state index contributed by atoms with van der Waals surface area (Å²) in [6, 6.07) is 0.715. The first kappa shape index (κ1) is 11.3. The van der Waals surface area contributed by atoms with Gasteiger partial charge < -0.3 is 5.32 Å². The SMILES string of the molecule is CCNC(CC)CSC(C)C. The van der Waals surface area contributed by atoms with Crippen LogP contribution in [0.15, 0.2) is 0 Å². The quantitative estimate of drug-likeness (QED) is 0.666. The summed E-state index contributed by atoms with van der Waals surface area (Å²) in [7, 11) is 0. The molecule has 0 spiro atoms. The fraction of sp³-hybridized carbons (Fsp3) is 1.00. The highest BCUT2D eigenvalue weighted by atomic mass is 32.2. The van der Waals surface area contributed by atoms with E-state index in [1.54, 1.807) is 0 Å². The standard InChI is InChI=1S/C9H21NS/c1-5-9(10-6-2)7-11-8(3)4/h8-10H,5-7H2,1-4H3. The minimum atomic E-state index is 0.715. The van der Waals surface area contributed by atoms with Crippen molar-refractivity contribution in [1.29, 1.82) is 0 Å². The second-order valence-corrected chi connectivity index (χ2v) is 4.65. The molecule has 11 heavy (non-hydrogen) atoms. The molecule has 0 aliphatic rings. The monoisotopic (exact) mass is 175 g/mol. The predicted molar refractivity (Wildman–Crippen MR) is 55.3 cm³/mol. The second kappa shape index (κ2) is 6.99. The van der Waals surface area contributed by atoms with Crippen molar-refractivity contribution in [2.45, 2.75) is 45.4 Å². The first-order valence-corrected chi connectivity index (χ1v) is 5.60. The van der Waals surface area contributed by atoms with Gasteiger partial charge >= 0.3 is 0 Å². The average molecular weight is 175 g/mol. The van der Waals surface area contributed by atoms with E-state index in [0.29, 0.717) is 6.04 Å². The maximum Gasteiger partial charge on any atom is 0.0155 e. The van der Waals surface area contributed by atoms with Gasteiger partial charge in [0.2, 0.25) is 0 Å². The van der Waals surface area contributed by atoms with Crippen molar-refractivity contribution in [1.82, 2.24) is 5.32 Å². The summed E-state index contributed by atoms with van der Waals surface area (Å²) in [4.78, 5) is 0. The van der Waals surface area contributed by atoms with Crippen molar-refractivity contribution in [3.05, 3.63) is 0 Å². The van der Waals surface area contributed by atoms with E-state index in [2.05, 4.69) is 33.0 Å². The first-order chi connectivity index (χ1) is 5.20. The van der Waals surface area contributed by atoms with Gasteiger partial charge in [0, 0.05) is 11.8 Å². The van der Waals surface area contributed by atoms with Crippen LogP contribution >= 0.6 is 11.8 Å². The van der Waals surface area contributed by atoms with E-state index in [4.69, 9.17) is 0 Å². The molecule has 1 N–H and O–H groups in total. The summed E-state index contributed by atoms with van der Waals surface area (Å²) < 4.78 is 0. The van der Waals surface area contributed by atoms with E-state index < -0.39 is 0 Å². The van der Waals surface area contributed by atoms with Crippen LogP contribution in [0.1, 0.15) is 34.1 Å². The minimum absolute atomic E-state index is 0.715. The lowest BCUT2D eigenvalue weighted by Crippen LogP contribution is -2.30. The highest BCUT2D eigenvalue weighted by Gasteiger charge is 2.04. The van der Waals surface area contributed by atoms with Crippen LogP contribution in [0, 0.1) is 0 Å². The molecule has 0 aromatic carbocycles. The average Bonchev–Trinajstić information content (AvgIpc) is 1.97. The molecule has 0 saturated carbocycles. The van der Waals surface area contributed by atoms with Crippen LogP contribution in [-0.2, 0) is 0 Å². The van der Waals surface area contributed by atoms with Gasteiger partial charge in [0.25, 0.3) is 0 Å². The van der Waals surface area contributed by atoms with Gasteiger partial charge in [-0.05, 0) is 18.2 Å². The minimum Gasteiger partial charge on any atom is -0.313 e. The summed E-state index contributed by atoms with van der Waals surface area (Å²) in [5.41, 5.74) is 0. The van der Waals surface area contributed by atoms with Crippen molar-refractivity contribution >= 4 is 11.8 Å². The molecule has 1 unspecified atom stereocenters. The summed E-state index contributed by atoms with van der Waals surface area (Å²) in [5, 5.41) is 4.23. The molecule has 0 aliphatic heterocycles. The summed E-state index contributed by atoms with van der Waals surface area (Å²) in [6.07, 6.45) is 1.24. The molecular formula is C9H21NS. The van der Waals surface area contributed by atoms with Crippen LogP contribution in [0.2, 0.25) is 0 Å². The van der Waals surface area contributed by atoms with E-state index in [1.165, 1.54) is 12.2 Å². The molecule has 0 rings (SSSR count). The van der Waals surface area contributed by atoms with E-state index >= 15 is 0 Å². The van der Waals surface area contributed by atoms with Gasteiger partial charge in [-0.3, -0.25) is 0 Å². The van der Waals surface area contributed by atoms with Gasteiger partial charge in [-0.2, -0.15) is 11.8 Å². The van der Waals surface area contributed by atoms with Crippen LogP contribution in [0.25, 0.3) is 0 Å². The predicted octanol–water partition coefficient (Wildman–Crippen LogP) is 2.52. The third-order valence-electron chi connectivity index (χ3n) is 1.62. The molecule has 0 radical (unpaired) electrons. The lowest BCUT2D eigenvalue weighted by atomic mass is 10.2. The number of hydrogen-bond acceptors (Lipinski definition) is 2. The molecule has 0 aromatic heterocycles. The van der Waals surface area contributed by atoms with Crippen molar-refractivity contribution < 1.29 is 0 Å². The molecule has 0 aliphatic carbocycles. The summed E-state index contributed by atoms with van der Waals surface area (Å²) in [6.45, 7) is 10.0. The molecule has 68 valence electrons. The summed E-state index contributed by atoms with van der Waals surface area (Å²) >= 11 is 2.04. The van der Waals surface area contributed by atoms with Crippen molar-refractivity contribution in [3.63, 3.8) is 0 Å². The molecule has 1 nitrogen and oxygen atoms in total. The lowest BCUT2D eigenvalue weighted by Gasteiger charge is -2.16. The number of hydrogen-bond donors (Lipinski definition) is 1. The van der Waals surface area contributed by atoms with Crippen LogP contribution in [0.5, 0.6) is 0 Å². The zero-order chi connectivity index (χ0) is 8.69. The zero-order valence-corrected chi connectivity index (χ0v) is 9.00. The maximum atomic E-state index is 3.47. The van der Waals surface area contributed by atoms with Crippen LogP contribution < -0.4 is 5.32 Å². The van der Waals surface area contributed by atoms with E-state index in [0.717, 1.165) is 11.8 Å². The van der Waals surface area contributed by atoms with Crippen molar-refractivity contribution in [2.24, 2.45) is 0 Å². The third-order valence-corrected chi connectivity index (χ3v) is 2.88. The normalized spacial score (nSPS) is 13.9. The molecule has 0 amide bonds. The topological polar surface area (TPSA) is 12.0 Å². The number of thioether (sulfide) groups is 1. The van der Waals surface area contributed by atoms with E-state index in [-0.39, 0.29) is 0 Å². The molecular weight excluding hydrogens is 154 g/mol. The van der Waals surface area contributed by atoms with Gasteiger partial charge in [0.1, 0.15) is 0 Å². The molecule has 2 heteroatoms. The lowest BCUT2D eigenvalue weighted by molar-refractivity contribution is 0.560. The Morgan fingerprint density at radius 2 is 1.91 bits per heavy atom. The fourth-order valence-electron chi connectivity index (χ4n) is 0.918. The Morgan fingerprint density at radius 1 is 1.27 bits per heavy atom. The van der Waals surface area contributed by atoms with Crippen molar-refractivity contribution in [3.8, 4) is 0 Å².